The first-order chi connectivity index (χ1) is 15.6. The number of nitrogens with one attached hydrogen (secondary N) is 2. The molecule has 176 valence electrons. The van der Waals surface area contributed by atoms with Crippen molar-refractivity contribution < 1.29 is 22.4 Å². The van der Waals surface area contributed by atoms with E-state index in [9.17, 15) is 22.4 Å². The van der Waals surface area contributed by atoms with Crippen LogP contribution in [0.1, 0.15) is 48.1 Å². The van der Waals surface area contributed by atoms with Crippen LogP contribution in [0, 0.1) is 5.82 Å². The predicted octanol–water partition coefficient (Wildman–Crippen LogP) is 6.74. The van der Waals surface area contributed by atoms with Gasteiger partial charge in [0.05, 0.1) is 21.8 Å². The second kappa shape index (κ2) is 9.00. The molecule has 0 saturated heterocycles. The predicted molar refractivity (Wildman–Crippen MR) is 123 cm³/mol. The van der Waals surface area contributed by atoms with E-state index in [-0.39, 0.29) is 23.3 Å². The number of fused-ring (bicyclic) bond motifs is 1. The lowest BCUT2D eigenvalue weighted by Crippen LogP contribution is -2.38. The SMILES string of the molecule is CCNC(=O)NC1CCc2cc(C3=NSC(c4cc(Cl)c(F)c(Cl)c4)(C(F)(F)F)C3)ccc21. The number of benzene rings is 2. The number of urea groups is 1. The van der Waals surface area contributed by atoms with Gasteiger partial charge in [-0.15, -0.1) is 0 Å². The Morgan fingerprint density at radius 3 is 2.58 bits per heavy atom. The highest BCUT2D eigenvalue weighted by Crippen LogP contribution is 2.57. The van der Waals surface area contributed by atoms with Crippen LogP contribution in [0.5, 0.6) is 0 Å². The molecule has 2 aliphatic rings. The van der Waals surface area contributed by atoms with Crippen LogP contribution in [0.4, 0.5) is 22.4 Å². The van der Waals surface area contributed by atoms with Gasteiger partial charge in [0, 0.05) is 13.0 Å². The second-order valence-corrected chi connectivity index (χ2v) is 9.77. The first-order valence-electron chi connectivity index (χ1n) is 10.2. The van der Waals surface area contributed by atoms with Gasteiger partial charge in [0.15, 0.2) is 10.6 Å². The number of rotatable bonds is 4. The molecule has 2 N–H and O–H groups in total. The highest BCUT2D eigenvalue weighted by Gasteiger charge is 2.60. The summed E-state index contributed by atoms with van der Waals surface area (Å²) in [5, 5.41) is 4.65. The summed E-state index contributed by atoms with van der Waals surface area (Å²) in [6, 6.07) is 6.87. The van der Waals surface area contributed by atoms with Gasteiger partial charge >= 0.3 is 12.2 Å². The Balaban J connectivity index is 1.62. The zero-order valence-corrected chi connectivity index (χ0v) is 19.7. The third-order valence-corrected chi connectivity index (χ3v) is 7.62. The van der Waals surface area contributed by atoms with E-state index in [4.69, 9.17) is 23.2 Å². The lowest BCUT2D eigenvalue weighted by atomic mass is 9.89. The summed E-state index contributed by atoms with van der Waals surface area (Å²) in [7, 11) is 0. The molecule has 2 aromatic rings. The minimum absolute atomic E-state index is 0.154. The summed E-state index contributed by atoms with van der Waals surface area (Å²) in [6.45, 7) is 2.33. The number of aryl methyl sites for hydroxylation is 1. The normalized spacial score (nSPS) is 22.2. The highest BCUT2D eigenvalue weighted by molar-refractivity contribution is 7.99. The summed E-state index contributed by atoms with van der Waals surface area (Å²) >= 11 is 12.0. The zero-order valence-electron chi connectivity index (χ0n) is 17.3. The molecule has 0 aromatic heterocycles. The number of carbonyl (C=O) groups is 1. The molecule has 0 saturated carbocycles. The molecule has 33 heavy (non-hydrogen) atoms. The van der Waals surface area contributed by atoms with Crippen LogP contribution >= 0.6 is 35.1 Å². The number of alkyl halides is 3. The van der Waals surface area contributed by atoms with Crippen molar-refractivity contribution in [3.8, 4) is 0 Å². The standard InChI is InChI=1S/C22H19Cl2F4N3OS/c1-2-29-20(32)30-17-6-4-11-7-12(3-5-14(11)17)18-10-21(33-31-18,22(26,27)28)13-8-15(23)19(25)16(24)9-13/h3,5,7-9,17H,2,4,6,10H2,1H3,(H2,29,30,32). The van der Waals surface area contributed by atoms with Crippen molar-refractivity contribution in [1.82, 2.24) is 10.6 Å². The van der Waals surface area contributed by atoms with E-state index in [1.54, 1.807) is 6.07 Å². The molecule has 1 heterocycles. The van der Waals surface area contributed by atoms with Crippen LogP contribution in [0.2, 0.25) is 10.0 Å². The molecule has 11 heteroatoms. The van der Waals surface area contributed by atoms with Gasteiger partial charge in [-0.3, -0.25) is 0 Å². The summed E-state index contributed by atoms with van der Waals surface area (Å²) in [6.07, 6.45) is -3.74. The fourth-order valence-corrected chi connectivity index (χ4v) is 5.62. The Kier molecular flexibility index (Phi) is 6.59. The van der Waals surface area contributed by atoms with Crippen LogP contribution in [-0.4, -0.2) is 24.5 Å². The number of amides is 2. The number of halogens is 6. The van der Waals surface area contributed by atoms with Gasteiger partial charge in [-0.2, -0.15) is 13.2 Å². The number of nitrogens with zero attached hydrogens (tertiary/aromatic N) is 1. The Bertz CT molecular complexity index is 1120. The van der Waals surface area contributed by atoms with E-state index >= 15 is 0 Å². The second-order valence-electron chi connectivity index (χ2n) is 7.89. The Morgan fingerprint density at radius 2 is 1.94 bits per heavy atom. The molecule has 1 aliphatic carbocycles. The molecular formula is C22H19Cl2F4N3OS. The quantitative estimate of drug-likeness (QED) is 0.267. The third kappa shape index (κ3) is 4.42. The third-order valence-electron chi connectivity index (χ3n) is 5.83. The molecule has 2 unspecified atom stereocenters. The number of hydrogen-bond donors (Lipinski definition) is 2. The van der Waals surface area contributed by atoms with Gasteiger partial charge in [0.1, 0.15) is 0 Å². The largest absolute Gasteiger partial charge is 0.409 e. The van der Waals surface area contributed by atoms with Crippen molar-refractivity contribution in [2.24, 2.45) is 4.40 Å². The minimum atomic E-state index is -4.69. The van der Waals surface area contributed by atoms with Crippen LogP contribution in [-0.2, 0) is 11.2 Å². The molecule has 4 nitrogen and oxygen atoms in total. The van der Waals surface area contributed by atoms with E-state index in [1.807, 2.05) is 19.1 Å². The molecule has 0 radical (unpaired) electrons. The molecule has 4 rings (SSSR count). The van der Waals surface area contributed by atoms with E-state index in [2.05, 4.69) is 15.0 Å². The van der Waals surface area contributed by atoms with Gasteiger partial charge in [0.25, 0.3) is 0 Å². The zero-order chi connectivity index (χ0) is 24.0. The monoisotopic (exact) mass is 519 g/mol. The van der Waals surface area contributed by atoms with Gasteiger partial charge in [-0.1, -0.05) is 35.3 Å². The summed E-state index contributed by atoms with van der Waals surface area (Å²) in [5.74, 6) is -0.960. The maximum Gasteiger partial charge on any atom is 0.409 e. The van der Waals surface area contributed by atoms with E-state index in [0.29, 0.717) is 36.9 Å². The fraction of sp³-hybridized carbons (Fsp3) is 0.364. The first kappa shape index (κ1) is 24.2. The topological polar surface area (TPSA) is 53.5 Å². The highest BCUT2D eigenvalue weighted by atomic mass is 35.5. The average molecular weight is 520 g/mol. The lowest BCUT2D eigenvalue weighted by molar-refractivity contribution is -0.159. The van der Waals surface area contributed by atoms with Gasteiger partial charge in [-0.05, 0) is 72.2 Å². The van der Waals surface area contributed by atoms with Crippen molar-refractivity contribution in [2.45, 2.75) is 43.2 Å². The molecule has 1 aliphatic heterocycles. The van der Waals surface area contributed by atoms with Crippen LogP contribution in [0.3, 0.4) is 0 Å². The van der Waals surface area contributed by atoms with E-state index < -0.39 is 33.2 Å². The summed E-state index contributed by atoms with van der Waals surface area (Å²) < 4.78 is 58.4. The molecule has 0 bridgehead atoms. The molecule has 2 amide bonds. The van der Waals surface area contributed by atoms with Crippen LogP contribution in [0.25, 0.3) is 0 Å². The van der Waals surface area contributed by atoms with Gasteiger partial charge < -0.3 is 10.6 Å². The molecule has 2 aromatic carbocycles. The van der Waals surface area contributed by atoms with Gasteiger partial charge in [-0.25, -0.2) is 13.6 Å². The van der Waals surface area contributed by atoms with Gasteiger partial charge in [0.2, 0.25) is 0 Å². The van der Waals surface area contributed by atoms with E-state index in [0.717, 1.165) is 23.3 Å². The van der Waals surface area contributed by atoms with Crippen molar-refractivity contribution in [2.75, 3.05) is 6.54 Å². The van der Waals surface area contributed by atoms with Crippen molar-refractivity contribution in [3.05, 3.63) is 68.4 Å². The minimum Gasteiger partial charge on any atom is -0.338 e. The van der Waals surface area contributed by atoms with E-state index in [1.165, 1.54) is 0 Å². The Morgan fingerprint density at radius 1 is 1.24 bits per heavy atom. The molecule has 2 atom stereocenters. The lowest BCUT2D eigenvalue weighted by Gasteiger charge is -2.30. The van der Waals surface area contributed by atoms with Crippen molar-refractivity contribution in [1.29, 1.82) is 0 Å². The summed E-state index contributed by atoms with van der Waals surface area (Å²) in [5.41, 5.74) is 2.50. The number of carbonyl (C=O) groups excluding carboxylic acids is 1. The van der Waals surface area contributed by atoms with Crippen molar-refractivity contribution >= 4 is 46.9 Å². The molecule has 0 fully saturated rings. The molecular weight excluding hydrogens is 501 g/mol. The Labute approximate surface area is 202 Å². The first-order valence-corrected chi connectivity index (χ1v) is 11.7. The van der Waals surface area contributed by atoms with Crippen LogP contribution in [0.15, 0.2) is 34.7 Å². The number of hydrogen-bond acceptors (Lipinski definition) is 3. The molecule has 0 spiro atoms. The Hall–Kier alpha value is -1.97. The maximum atomic E-state index is 14.3. The van der Waals surface area contributed by atoms with Crippen molar-refractivity contribution in [3.63, 3.8) is 0 Å². The maximum absolute atomic E-state index is 14.3. The smallest absolute Gasteiger partial charge is 0.338 e. The average Bonchev–Trinajstić information content (AvgIpc) is 3.37. The summed E-state index contributed by atoms with van der Waals surface area (Å²) in [4.78, 5) is 11.9. The fourth-order valence-electron chi connectivity index (χ4n) is 4.16. The van der Waals surface area contributed by atoms with Crippen LogP contribution < -0.4 is 10.6 Å².